The molecule has 2 atom stereocenters. The van der Waals surface area contributed by atoms with Gasteiger partial charge in [-0.15, -0.1) is 0 Å². The molecule has 20 heavy (non-hydrogen) atoms. The van der Waals surface area contributed by atoms with E-state index in [-0.39, 0.29) is 12.0 Å². The number of rotatable bonds is 3. The van der Waals surface area contributed by atoms with Crippen molar-refractivity contribution >= 4 is 27.5 Å². The monoisotopic (exact) mass is 337 g/mol. The minimum Gasteiger partial charge on any atom is -0.368 e. The predicted molar refractivity (Wildman–Crippen MR) is 83.6 cm³/mol. The fraction of sp³-hybridized carbons (Fsp3) is 0.562. The Balaban J connectivity index is 1.78. The van der Waals surface area contributed by atoms with Gasteiger partial charge in [-0.1, -0.05) is 35.0 Å². The summed E-state index contributed by atoms with van der Waals surface area (Å²) in [7, 11) is 0. The standard InChI is InChI=1S/C16H20BrNO2/c1-11(17)9-12-4-5-14-13(10-12)6-7-18(14)16(19)15-3-2-8-20-15/h4-5,10-11,15H,2-3,6-9H2,1H3. The van der Waals surface area contributed by atoms with Crippen molar-refractivity contribution in [2.75, 3.05) is 18.1 Å². The first kappa shape index (κ1) is 14.1. The Bertz CT molecular complexity index is 509. The Morgan fingerprint density at radius 3 is 3.10 bits per heavy atom. The third kappa shape index (κ3) is 2.77. The zero-order valence-electron chi connectivity index (χ0n) is 11.8. The molecule has 1 aromatic rings. The van der Waals surface area contributed by atoms with Crippen LogP contribution < -0.4 is 4.90 Å². The average Bonchev–Trinajstić information content (AvgIpc) is 3.06. The number of carbonyl (C=O) groups excluding carboxylic acids is 1. The summed E-state index contributed by atoms with van der Waals surface area (Å²) in [4.78, 5) is 14.9. The van der Waals surface area contributed by atoms with Crippen molar-refractivity contribution in [1.29, 1.82) is 0 Å². The summed E-state index contributed by atoms with van der Waals surface area (Å²) in [5, 5.41) is 0. The number of alkyl halides is 1. The van der Waals surface area contributed by atoms with E-state index in [4.69, 9.17) is 4.74 Å². The van der Waals surface area contributed by atoms with E-state index in [0.717, 1.165) is 44.5 Å². The lowest BCUT2D eigenvalue weighted by Crippen LogP contribution is -2.37. The quantitative estimate of drug-likeness (QED) is 0.793. The second-order valence-corrected chi connectivity index (χ2v) is 7.25. The molecule has 1 saturated heterocycles. The zero-order chi connectivity index (χ0) is 14.1. The van der Waals surface area contributed by atoms with E-state index >= 15 is 0 Å². The molecule has 4 heteroatoms. The van der Waals surface area contributed by atoms with Gasteiger partial charge in [0.25, 0.3) is 5.91 Å². The third-order valence-electron chi connectivity index (χ3n) is 4.03. The van der Waals surface area contributed by atoms with Gasteiger partial charge in [-0.05, 0) is 42.9 Å². The van der Waals surface area contributed by atoms with Gasteiger partial charge in [-0.3, -0.25) is 4.79 Å². The van der Waals surface area contributed by atoms with Crippen molar-refractivity contribution in [3.05, 3.63) is 29.3 Å². The second-order valence-electron chi connectivity index (χ2n) is 5.69. The van der Waals surface area contributed by atoms with Gasteiger partial charge < -0.3 is 9.64 Å². The highest BCUT2D eigenvalue weighted by Gasteiger charge is 2.32. The van der Waals surface area contributed by atoms with Gasteiger partial charge in [0, 0.05) is 23.7 Å². The van der Waals surface area contributed by atoms with E-state index in [9.17, 15) is 4.79 Å². The summed E-state index contributed by atoms with van der Waals surface area (Å²) >= 11 is 3.59. The fourth-order valence-electron chi connectivity index (χ4n) is 3.08. The van der Waals surface area contributed by atoms with Gasteiger partial charge in [-0.25, -0.2) is 0 Å². The van der Waals surface area contributed by atoms with E-state index in [1.54, 1.807) is 0 Å². The molecule has 2 unspecified atom stereocenters. The summed E-state index contributed by atoms with van der Waals surface area (Å²) in [5.41, 5.74) is 3.71. The molecule has 0 radical (unpaired) electrons. The molecular formula is C16H20BrNO2. The zero-order valence-corrected chi connectivity index (χ0v) is 13.4. The summed E-state index contributed by atoms with van der Waals surface area (Å²) in [6.07, 6.45) is 3.62. The van der Waals surface area contributed by atoms with Crippen LogP contribution in [0.2, 0.25) is 0 Å². The van der Waals surface area contributed by atoms with Crippen molar-refractivity contribution in [1.82, 2.24) is 0 Å². The van der Waals surface area contributed by atoms with Gasteiger partial charge >= 0.3 is 0 Å². The van der Waals surface area contributed by atoms with Crippen LogP contribution in [-0.2, 0) is 22.4 Å². The van der Waals surface area contributed by atoms with Crippen molar-refractivity contribution < 1.29 is 9.53 Å². The summed E-state index contributed by atoms with van der Waals surface area (Å²) in [6, 6.07) is 6.48. The van der Waals surface area contributed by atoms with Crippen LogP contribution in [0.15, 0.2) is 18.2 Å². The van der Waals surface area contributed by atoms with Crippen LogP contribution in [0.5, 0.6) is 0 Å². The Kier molecular flexibility index (Phi) is 4.13. The maximum Gasteiger partial charge on any atom is 0.256 e. The second kappa shape index (κ2) is 5.86. The normalized spacial score (nSPS) is 22.9. The van der Waals surface area contributed by atoms with Crippen LogP contribution in [0.1, 0.15) is 30.9 Å². The number of hydrogen-bond donors (Lipinski definition) is 0. The molecule has 0 spiro atoms. The van der Waals surface area contributed by atoms with Crippen LogP contribution in [-0.4, -0.2) is 30.0 Å². The summed E-state index contributed by atoms with van der Waals surface area (Å²) in [6.45, 7) is 3.67. The van der Waals surface area contributed by atoms with Crippen LogP contribution in [0, 0.1) is 0 Å². The smallest absolute Gasteiger partial charge is 0.256 e. The van der Waals surface area contributed by atoms with Crippen molar-refractivity contribution in [3.8, 4) is 0 Å². The molecule has 0 bridgehead atoms. The van der Waals surface area contributed by atoms with Crippen molar-refractivity contribution in [2.45, 2.75) is 43.5 Å². The first-order chi connectivity index (χ1) is 9.65. The van der Waals surface area contributed by atoms with Crippen LogP contribution in [0.4, 0.5) is 5.69 Å². The third-order valence-corrected chi connectivity index (χ3v) is 4.35. The lowest BCUT2D eigenvalue weighted by molar-refractivity contribution is -0.127. The lowest BCUT2D eigenvalue weighted by atomic mass is 10.0. The summed E-state index contributed by atoms with van der Waals surface area (Å²) in [5.74, 6) is 0.142. The Morgan fingerprint density at radius 2 is 2.40 bits per heavy atom. The molecule has 2 aliphatic heterocycles. The molecule has 0 aliphatic carbocycles. The highest BCUT2D eigenvalue weighted by atomic mass is 79.9. The van der Waals surface area contributed by atoms with Crippen LogP contribution in [0.3, 0.4) is 0 Å². The van der Waals surface area contributed by atoms with Gasteiger partial charge in [0.05, 0.1) is 0 Å². The molecule has 0 saturated carbocycles. The highest BCUT2D eigenvalue weighted by molar-refractivity contribution is 9.09. The number of benzene rings is 1. The van der Waals surface area contributed by atoms with Gasteiger partial charge in [0.15, 0.2) is 0 Å². The van der Waals surface area contributed by atoms with Crippen LogP contribution >= 0.6 is 15.9 Å². The van der Waals surface area contributed by atoms with Crippen molar-refractivity contribution in [3.63, 3.8) is 0 Å². The van der Waals surface area contributed by atoms with E-state index in [1.165, 1.54) is 11.1 Å². The average molecular weight is 338 g/mol. The minimum atomic E-state index is -0.219. The largest absolute Gasteiger partial charge is 0.368 e. The number of amides is 1. The number of fused-ring (bicyclic) bond motifs is 1. The maximum absolute atomic E-state index is 12.5. The molecule has 2 heterocycles. The molecule has 3 nitrogen and oxygen atoms in total. The lowest BCUT2D eigenvalue weighted by Gasteiger charge is -2.21. The molecular weight excluding hydrogens is 318 g/mol. The van der Waals surface area contributed by atoms with E-state index < -0.39 is 0 Å². The predicted octanol–water partition coefficient (Wildman–Crippen LogP) is 3.08. The van der Waals surface area contributed by atoms with Gasteiger partial charge in [-0.2, -0.15) is 0 Å². The van der Waals surface area contributed by atoms with Gasteiger partial charge in [0.1, 0.15) is 6.10 Å². The topological polar surface area (TPSA) is 29.5 Å². The van der Waals surface area contributed by atoms with E-state index in [1.807, 2.05) is 4.90 Å². The first-order valence-corrected chi connectivity index (χ1v) is 8.25. The molecule has 2 aliphatic rings. The molecule has 0 N–H and O–H groups in total. The minimum absolute atomic E-state index is 0.142. The van der Waals surface area contributed by atoms with Gasteiger partial charge in [0.2, 0.25) is 0 Å². The Morgan fingerprint density at radius 1 is 1.55 bits per heavy atom. The number of halogens is 1. The Hall–Kier alpha value is -0.870. The first-order valence-electron chi connectivity index (χ1n) is 7.34. The maximum atomic E-state index is 12.5. The molecule has 1 amide bonds. The highest BCUT2D eigenvalue weighted by Crippen LogP contribution is 2.31. The number of hydrogen-bond acceptors (Lipinski definition) is 2. The number of ether oxygens (including phenoxy) is 1. The fourth-order valence-corrected chi connectivity index (χ4v) is 3.46. The molecule has 108 valence electrons. The Labute approximate surface area is 128 Å². The summed E-state index contributed by atoms with van der Waals surface area (Å²) < 4.78 is 5.52. The van der Waals surface area contributed by atoms with Crippen molar-refractivity contribution in [2.24, 2.45) is 0 Å². The number of carbonyl (C=O) groups is 1. The van der Waals surface area contributed by atoms with E-state index in [2.05, 4.69) is 41.1 Å². The number of anilines is 1. The number of nitrogens with zero attached hydrogens (tertiary/aromatic N) is 1. The molecule has 1 aromatic carbocycles. The molecule has 0 aromatic heterocycles. The van der Waals surface area contributed by atoms with Crippen LogP contribution in [0.25, 0.3) is 0 Å². The molecule has 1 fully saturated rings. The van der Waals surface area contributed by atoms with E-state index in [0.29, 0.717) is 4.83 Å². The SMILES string of the molecule is CC(Br)Cc1ccc2c(c1)CCN2C(=O)C1CCCO1. The molecule has 3 rings (SSSR count).